The van der Waals surface area contributed by atoms with E-state index in [9.17, 15) is 9.59 Å². The number of anilines is 1. The predicted molar refractivity (Wildman–Crippen MR) is 90.2 cm³/mol. The van der Waals surface area contributed by atoms with Gasteiger partial charge in [-0.25, -0.2) is 0 Å². The van der Waals surface area contributed by atoms with Crippen LogP contribution in [0.3, 0.4) is 0 Å². The van der Waals surface area contributed by atoms with E-state index in [-0.39, 0.29) is 24.2 Å². The number of para-hydroxylation sites is 1. The van der Waals surface area contributed by atoms with Gasteiger partial charge in [0.1, 0.15) is 0 Å². The third-order valence-electron chi connectivity index (χ3n) is 3.97. The highest BCUT2D eigenvalue weighted by atomic mass is 35.5. The van der Waals surface area contributed by atoms with Gasteiger partial charge in [0, 0.05) is 30.2 Å². The zero-order valence-electron chi connectivity index (χ0n) is 12.5. The molecule has 23 heavy (non-hydrogen) atoms. The molecule has 0 radical (unpaired) electrons. The van der Waals surface area contributed by atoms with Gasteiger partial charge in [0.05, 0.1) is 5.92 Å². The number of nitrogens with zero attached hydrogens (tertiary/aromatic N) is 1. The van der Waals surface area contributed by atoms with Crippen molar-refractivity contribution in [1.82, 2.24) is 5.32 Å². The van der Waals surface area contributed by atoms with Crippen LogP contribution in [0.2, 0.25) is 5.02 Å². The average molecular weight is 329 g/mol. The average Bonchev–Trinajstić information content (AvgIpc) is 2.96. The van der Waals surface area contributed by atoms with Crippen molar-refractivity contribution in [1.29, 1.82) is 0 Å². The van der Waals surface area contributed by atoms with Crippen molar-refractivity contribution in [2.45, 2.75) is 13.0 Å². The van der Waals surface area contributed by atoms with Crippen molar-refractivity contribution >= 4 is 29.1 Å². The van der Waals surface area contributed by atoms with E-state index in [1.54, 1.807) is 11.0 Å². The molecular weight excluding hydrogens is 312 g/mol. The van der Waals surface area contributed by atoms with Gasteiger partial charge in [-0.2, -0.15) is 0 Å². The van der Waals surface area contributed by atoms with Crippen LogP contribution in [0.1, 0.15) is 12.0 Å². The summed E-state index contributed by atoms with van der Waals surface area (Å²) in [6, 6.07) is 16.8. The molecule has 1 saturated heterocycles. The lowest BCUT2D eigenvalue weighted by Gasteiger charge is -2.16. The fourth-order valence-corrected chi connectivity index (χ4v) is 2.91. The monoisotopic (exact) mass is 328 g/mol. The first kappa shape index (κ1) is 15.6. The molecular formula is C18H17ClN2O2. The SMILES string of the molecule is O=C(NCc1ccccc1Cl)C1CC(=O)N(c2ccccc2)C1. The minimum atomic E-state index is -0.329. The Kier molecular flexibility index (Phi) is 4.63. The van der Waals surface area contributed by atoms with Gasteiger partial charge >= 0.3 is 0 Å². The normalized spacial score (nSPS) is 17.3. The molecule has 0 aliphatic carbocycles. The lowest BCUT2D eigenvalue weighted by molar-refractivity contribution is -0.126. The zero-order chi connectivity index (χ0) is 16.2. The van der Waals surface area contributed by atoms with E-state index in [4.69, 9.17) is 11.6 Å². The molecule has 0 saturated carbocycles. The Morgan fingerprint density at radius 3 is 2.57 bits per heavy atom. The molecule has 1 aliphatic rings. The molecule has 3 rings (SSSR count). The number of hydrogen-bond acceptors (Lipinski definition) is 2. The van der Waals surface area contributed by atoms with Crippen LogP contribution in [0, 0.1) is 5.92 Å². The molecule has 0 bridgehead atoms. The quantitative estimate of drug-likeness (QED) is 0.938. The second-order valence-corrected chi connectivity index (χ2v) is 5.96. The first-order chi connectivity index (χ1) is 11.1. The lowest BCUT2D eigenvalue weighted by Crippen LogP contribution is -2.32. The van der Waals surface area contributed by atoms with Crippen LogP contribution in [0.5, 0.6) is 0 Å². The molecule has 2 aromatic rings. The Morgan fingerprint density at radius 1 is 1.13 bits per heavy atom. The summed E-state index contributed by atoms with van der Waals surface area (Å²) in [7, 11) is 0. The standard InChI is InChI=1S/C18H17ClN2O2/c19-16-9-5-4-6-13(16)11-20-18(23)14-10-17(22)21(12-14)15-7-2-1-3-8-15/h1-9,14H,10-12H2,(H,20,23). The number of halogens is 1. The minimum Gasteiger partial charge on any atom is -0.352 e. The van der Waals surface area contributed by atoms with Gasteiger partial charge < -0.3 is 10.2 Å². The summed E-state index contributed by atoms with van der Waals surface area (Å²) in [5.74, 6) is -0.462. The highest BCUT2D eigenvalue weighted by Gasteiger charge is 2.34. The maximum atomic E-state index is 12.3. The molecule has 1 aliphatic heterocycles. The number of benzene rings is 2. The molecule has 2 amide bonds. The van der Waals surface area contributed by atoms with Crippen LogP contribution >= 0.6 is 11.6 Å². The Bertz CT molecular complexity index is 718. The van der Waals surface area contributed by atoms with Crippen molar-refractivity contribution in [2.75, 3.05) is 11.4 Å². The van der Waals surface area contributed by atoms with E-state index in [1.165, 1.54) is 0 Å². The topological polar surface area (TPSA) is 49.4 Å². The van der Waals surface area contributed by atoms with Gasteiger partial charge in [-0.3, -0.25) is 9.59 Å². The molecule has 1 unspecified atom stereocenters. The summed E-state index contributed by atoms with van der Waals surface area (Å²) < 4.78 is 0. The zero-order valence-corrected chi connectivity index (χ0v) is 13.3. The predicted octanol–water partition coefficient (Wildman–Crippen LogP) is 3.01. The number of hydrogen-bond donors (Lipinski definition) is 1. The second-order valence-electron chi connectivity index (χ2n) is 5.55. The fraction of sp³-hybridized carbons (Fsp3) is 0.222. The number of amides is 2. The van der Waals surface area contributed by atoms with Crippen LogP contribution in [-0.2, 0) is 16.1 Å². The molecule has 4 nitrogen and oxygen atoms in total. The van der Waals surface area contributed by atoms with E-state index in [0.29, 0.717) is 18.1 Å². The Morgan fingerprint density at radius 2 is 1.83 bits per heavy atom. The second kappa shape index (κ2) is 6.84. The Balaban J connectivity index is 1.61. The molecule has 1 N–H and O–H groups in total. The van der Waals surface area contributed by atoms with Gasteiger partial charge in [-0.05, 0) is 23.8 Å². The van der Waals surface area contributed by atoms with E-state index < -0.39 is 0 Å². The highest BCUT2D eigenvalue weighted by Crippen LogP contribution is 2.25. The summed E-state index contributed by atoms with van der Waals surface area (Å²) in [6.07, 6.45) is 0.239. The van der Waals surface area contributed by atoms with E-state index in [0.717, 1.165) is 11.3 Å². The van der Waals surface area contributed by atoms with Crippen LogP contribution < -0.4 is 10.2 Å². The maximum Gasteiger partial charge on any atom is 0.227 e. The summed E-state index contributed by atoms with van der Waals surface area (Å²) in [5.41, 5.74) is 1.70. The van der Waals surface area contributed by atoms with Gasteiger partial charge in [0.2, 0.25) is 11.8 Å². The highest BCUT2D eigenvalue weighted by molar-refractivity contribution is 6.31. The molecule has 1 atom stereocenters. The summed E-state index contributed by atoms with van der Waals surface area (Å²) in [5, 5.41) is 3.50. The van der Waals surface area contributed by atoms with Crippen LogP contribution in [0.4, 0.5) is 5.69 Å². The number of carbonyl (C=O) groups is 2. The smallest absolute Gasteiger partial charge is 0.227 e. The van der Waals surface area contributed by atoms with Gasteiger partial charge in [0.25, 0.3) is 0 Å². The van der Waals surface area contributed by atoms with Crippen molar-refractivity contribution in [3.63, 3.8) is 0 Å². The Hall–Kier alpha value is -2.33. The number of nitrogens with one attached hydrogen (secondary N) is 1. The summed E-state index contributed by atoms with van der Waals surface area (Å²) in [6.45, 7) is 0.783. The molecule has 1 fully saturated rings. The largest absolute Gasteiger partial charge is 0.352 e. The molecule has 5 heteroatoms. The first-order valence-electron chi connectivity index (χ1n) is 7.51. The van der Waals surface area contributed by atoms with Crippen molar-refractivity contribution in [3.05, 3.63) is 65.2 Å². The lowest BCUT2D eigenvalue weighted by atomic mass is 10.1. The van der Waals surface area contributed by atoms with Crippen LogP contribution in [-0.4, -0.2) is 18.4 Å². The van der Waals surface area contributed by atoms with Crippen LogP contribution in [0.15, 0.2) is 54.6 Å². The minimum absolute atomic E-state index is 0.0194. The Labute approximate surface area is 140 Å². The number of carbonyl (C=O) groups excluding carboxylic acids is 2. The first-order valence-corrected chi connectivity index (χ1v) is 7.89. The molecule has 118 valence electrons. The van der Waals surface area contributed by atoms with Gasteiger partial charge in [0.15, 0.2) is 0 Å². The number of rotatable bonds is 4. The summed E-state index contributed by atoms with van der Waals surface area (Å²) >= 11 is 6.08. The van der Waals surface area contributed by atoms with Crippen molar-refractivity contribution < 1.29 is 9.59 Å². The van der Waals surface area contributed by atoms with Gasteiger partial charge in [-0.1, -0.05) is 48.0 Å². The van der Waals surface area contributed by atoms with Gasteiger partial charge in [-0.15, -0.1) is 0 Å². The molecule has 0 aromatic heterocycles. The molecule has 0 spiro atoms. The maximum absolute atomic E-state index is 12.3. The van der Waals surface area contributed by atoms with E-state index >= 15 is 0 Å². The third kappa shape index (κ3) is 3.54. The summed E-state index contributed by atoms with van der Waals surface area (Å²) in [4.78, 5) is 26.1. The van der Waals surface area contributed by atoms with E-state index in [1.807, 2.05) is 48.5 Å². The van der Waals surface area contributed by atoms with E-state index in [2.05, 4.69) is 5.32 Å². The van der Waals surface area contributed by atoms with Crippen molar-refractivity contribution in [3.8, 4) is 0 Å². The van der Waals surface area contributed by atoms with Crippen LogP contribution in [0.25, 0.3) is 0 Å². The molecule has 2 aromatic carbocycles. The third-order valence-corrected chi connectivity index (χ3v) is 4.34. The molecule has 1 heterocycles. The van der Waals surface area contributed by atoms with Crippen molar-refractivity contribution in [2.24, 2.45) is 5.92 Å². The fourth-order valence-electron chi connectivity index (χ4n) is 2.71.